The van der Waals surface area contributed by atoms with Crippen LogP contribution in [0.2, 0.25) is 0 Å². The molecule has 0 saturated carbocycles. The lowest BCUT2D eigenvalue weighted by Gasteiger charge is -2.13. The predicted octanol–water partition coefficient (Wildman–Crippen LogP) is 3.65. The highest BCUT2D eigenvalue weighted by Crippen LogP contribution is 2.57. The highest BCUT2D eigenvalue weighted by atomic mass is 16.3. The fourth-order valence-electron chi connectivity index (χ4n) is 3.72. The van der Waals surface area contributed by atoms with Crippen molar-refractivity contribution in [2.24, 2.45) is 0 Å². The van der Waals surface area contributed by atoms with Crippen LogP contribution in [0.5, 0.6) is 11.8 Å². The molecular formula is C17H17NO2. The third-order valence-electron chi connectivity index (χ3n) is 4.61. The Bertz CT molecular complexity index is 719. The molecule has 20 heavy (non-hydrogen) atoms. The Hall–Kier alpha value is -2.16. The Labute approximate surface area is 117 Å². The molecule has 4 rings (SSSR count). The number of hydrogen-bond acceptors (Lipinski definition) is 2. The summed E-state index contributed by atoms with van der Waals surface area (Å²) in [5.74, 6) is 0.906. The van der Waals surface area contributed by atoms with E-state index in [-0.39, 0.29) is 23.6 Å². The molecule has 1 aromatic heterocycles. The average molecular weight is 267 g/mol. The summed E-state index contributed by atoms with van der Waals surface area (Å²) in [6, 6.07) is 6.01. The van der Waals surface area contributed by atoms with Gasteiger partial charge in [-0.2, -0.15) is 0 Å². The Morgan fingerprint density at radius 1 is 1.00 bits per heavy atom. The zero-order chi connectivity index (χ0) is 14.0. The molecule has 0 fully saturated rings. The Morgan fingerprint density at radius 2 is 1.60 bits per heavy atom. The van der Waals surface area contributed by atoms with Gasteiger partial charge in [0.2, 0.25) is 11.8 Å². The van der Waals surface area contributed by atoms with Gasteiger partial charge in [-0.1, -0.05) is 29.8 Å². The lowest BCUT2D eigenvalue weighted by molar-refractivity contribution is 0.395. The van der Waals surface area contributed by atoms with Crippen molar-refractivity contribution in [2.45, 2.75) is 32.1 Å². The monoisotopic (exact) mass is 267 g/mol. The largest absolute Gasteiger partial charge is 0.494 e. The molecule has 0 saturated heterocycles. The van der Waals surface area contributed by atoms with Crippen LogP contribution in [0.4, 0.5) is 0 Å². The maximum Gasteiger partial charge on any atom is 0.202 e. The third kappa shape index (κ3) is 1.30. The van der Waals surface area contributed by atoms with Crippen molar-refractivity contribution in [2.75, 3.05) is 0 Å². The van der Waals surface area contributed by atoms with Crippen molar-refractivity contribution in [1.29, 1.82) is 0 Å². The summed E-state index contributed by atoms with van der Waals surface area (Å²) >= 11 is 0. The van der Waals surface area contributed by atoms with Gasteiger partial charge in [-0.3, -0.25) is 4.57 Å². The molecule has 102 valence electrons. The van der Waals surface area contributed by atoms with Crippen LogP contribution >= 0.6 is 0 Å². The average Bonchev–Trinajstić information content (AvgIpc) is 3.06. The topological polar surface area (TPSA) is 45.4 Å². The molecule has 2 aromatic rings. The number of aromatic nitrogens is 1. The van der Waals surface area contributed by atoms with E-state index in [1.54, 1.807) is 4.57 Å². The van der Waals surface area contributed by atoms with E-state index in [1.807, 2.05) is 26.0 Å². The highest BCUT2D eigenvalue weighted by Gasteiger charge is 2.41. The lowest BCUT2D eigenvalue weighted by atomic mass is 10.0. The van der Waals surface area contributed by atoms with Crippen LogP contribution in [0.25, 0.3) is 5.69 Å². The first-order chi connectivity index (χ1) is 9.58. The van der Waals surface area contributed by atoms with E-state index in [2.05, 4.69) is 18.2 Å². The summed E-state index contributed by atoms with van der Waals surface area (Å²) in [4.78, 5) is 0. The first-order valence-electron chi connectivity index (χ1n) is 7.00. The molecule has 2 unspecified atom stereocenters. The zero-order valence-corrected chi connectivity index (χ0v) is 11.6. The Balaban J connectivity index is 1.97. The highest BCUT2D eigenvalue weighted by molar-refractivity contribution is 5.63. The van der Waals surface area contributed by atoms with Crippen molar-refractivity contribution in [3.63, 3.8) is 0 Å². The van der Waals surface area contributed by atoms with Gasteiger partial charge in [-0.25, -0.2) is 0 Å². The summed E-state index contributed by atoms with van der Waals surface area (Å²) in [6.45, 7) is 4.04. The number of allylic oxidation sites excluding steroid dienone is 2. The molecule has 2 atom stereocenters. The standard InChI is InChI=1S/C17H17NO2/c1-9-3-6-13(10(2)7-9)18-16(19)14-11-4-5-12(8-11)15(14)17(18)20/h3-7,11-12,19-20H,8H2,1-2H3. The smallest absolute Gasteiger partial charge is 0.202 e. The van der Waals surface area contributed by atoms with E-state index in [9.17, 15) is 10.2 Å². The maximum absolute atomic E-state index is 10.6. The van der Waals surface area contributed by atoms with Crippen LogP contribution in [-0.2, 0) is 0 Å². The fourth-order valence-corrected chi connectivity index (χ4v) is 3.72. The van der Waals surface area contributed by atoms with Gasteiger partial charge in [0.05, 0.1) is 5.69 Å². The van der Waals surface area contributed by atoms with E-state index in [0.717, 1.165) is 28.8 Å². The second-order valence-electron chi connectivity index (χ2n) is 5.93. The molecule has 2 aliphatic carbocycles. The zero-order valence-electron chi connectivity index (χ0n) is 11.6. The number of aryl methyl sites for hydroxylation is 2. The summed E-state index contributed by atoms with van der Waals surface area (Å²) in [5, 5.41) is 21.1. The van der Waals surface area contributed by atoms with Crippen LogP contribution in [0.3, 0.4) is 0 Å². The molecule has 0 spiro atoms. The van der Waals surface area contributed by atoms with Gasteiger partial charge < -0.3 is 10.2 Å². The van der Waals surface area contributed by atoms with Crippen molar-refractivity contribution in [3.05, 3.63) is 52.6 Å². The quantitative estimate of drug-likeness (QED) is 0.775. The molecular weight excluding hydrogens is 250 g/mol. The first-order valence-corrected chi connectivity index (χ1v) is 7.00. The van der Waals surface area contributed by atoms with Gasteiger partial charge >= 0.3 is 0 Å². The molecule has 0 radical (unpaired) electrons. The van der Waals surface area contributed by atoms with Crippen LogP contribution in [-0.4, -0.2) is 14.8 Å². The fraction of sp³-hybridized carbons (Fsp3) is 0.294. The SMILES string of the molecule is Cc1ccc(-n2c(O)c3c(c2O)C2C=CC3C2)c(C)c1. The minimum absolute atomic E-state index is 0.196. The maximum atomic E-state index is 10.6. The van der Waals surface area contributed by atoms with Gasteiger partial charge in [0, 0.05) is 23.0 Å². The third-order valence-corrected chi connectivity index (χ3v) is 4.61. The normalized spacial score (nSPS) is 22.5. The first kappa shape index (κ1) is 11.6. The van der Waals surface area contributed by atoms with Gasteiger partial charge in [0.1, 0.15) is 0 Å². The number of aromatic hydroxyl groups is 2. The van der Waals surface area contributed by atoms with Gasteiger partial charge in [-0.15, -0.1) is 0 Å². The van der Waals surface area contributed by atoms with E-state index < -0.39 is 0 Å². The number of hydrogen-bond donors (Lipinski definition) is 2. The minimum Gasteiger partial charge on any atom is -0.494 e. The van der Waals surface area contributed by atoms with Crippen molar-refractivity contribution in [1.82, 2.24) is 4.57 Å². The van der Waals surface area contributed by atoms with Crippen molar-refractivity contribution < 1.29 is 10.2 Å². The number of benzene rings is 1. The number of nitrogens with zero attached hydrogens (tertiary/aromatic N) is 1. The molecule has 2 N–H and O–H groups in total. The Kier molecular flexibility index (Phi) is 2.15. The molecule has 2 aliphatic rings. The van der Waals surface area contributed by atoms with E-state index >= 15 is 0 Å². The Morgan fingerprint density at radius 3 is 2.15 bits per heavy atom. The lowest BCUT2D eigenvalue weighted by Crippen LogP contribution is -1.98. The van der Waals surface area contributed by atoms with Crippen molar-refractivity contribution >= 4 is 0 Å². The summed E-state index contributed by atoms with van der Waals surface area (Å²) in [6.07, 6.45) is 5.26. The molecule has 0 amide bonds. The molecule has 3 heteroatoms. The van der Waals surface area contributed by atoms with E-state index in [4.69, 9.17) is 0 Å². The second-order valence-corrected chi connectivity index (χ2v) is 5.93. The van der Waals surface area contributed by atoms with E-state index in [0.29, 0.717) is 0 Å². The van der Waals surface area contributed by atoms with Crippen LogP contribution in [0, 0.1) is 13.8 Å². The summed E-state index contributed by atoms with van der Waals surface area (Å²) < 4.78 is 1.59. The summed E-state index contributed by atoms with van der Waals surface area (Å²) in [5.41, 5.74) is 4.89. The second kappa shape index (κ2) is 3.69. The van der Waals surface area contributed by atoms with Crippen molar-refractivity contribution in [3.8, 4) is 17.4 Å². The van der Waals surface area contributed by atoms with Crippen LogP contribution < -0.4 is 0 Å². The minimum atomic E-state index is 0.196. The van der Waals surface area contributed by atoms with E-state index in [1.165, 1.54) is 5.56 Å². The molecule has 1 aromatic carbocycles. The molecule has 3 nitrogen and oxygen atoms in total. The van der Waals surface area contributed by atoms with Crippen LogP contribution in [0.15, 0.2) is 30.4 Å². The van der Waals surface area contributed by atoms with Gasteiger partial charge in [-0.05, 0) is 31.9 Å². The predicted molar refractivity (Wildman–Crippen MR) is 77.8 cm³/mol. The number of fused-ring (bicyclic) bond motifs is 5. The van der Waals surface area contributed by atoms with Gasteiger partial charge in [0.25, 0.3) is 0 Å². The summed E-state index contributed by atoms with van der Waals surface area (Å²) in [7, 11) is 0. The van der Waals surface area contributed by atoms with Gasteiger partial charge in [0.15, 0.2) is 0 Å². The molecule has 0 aliphatic heterocycles. The number of rotatable bonds is 1. The molecule has 1 heterocycles. The molecule has 2 bridgehead atoms. The van der Waals surface area contributed by atoms with Crippen LogP contribution in [0.1, 0.15) is 40.5 Å².